The van der Waals surface area contributed by atoms with E-state index >= 15 is 0 Å². The quantitative estimate of drug-likeness (QED) is 0.837. The molecule has 0 amide bonds. The van der Waals surface area contributed by atoms with Gasteiger partial charge in [-0.15, -0.1) is 0 Å². The lowest BCUT2D eigenvalue weighted by Gasteiger charge is -2.23. The van der Waals surface area contributed by atoms with Gasteiger partial charge in [-0.25, -0.2) is 9.67 Å². The van der Waals surface area contributed by atoms with Crippen LogP contribution in [-0.2, 0) is 19.5 Å². The molecule has 1 N–H and O–H groups in total. The topological polar surface area (TPSA) is 55.2 Å². The molecular weight excluding hydrogens is 302 g/mol. The van der Waals surface area contributed by atoms with E-state index < -0.39 is 0 Å². The minimum atomic E-state index is 0.453. The lowest BCUT2D eigenvalue weighted by Crippen LogP contribution is -2.37. The van der Waals surface area contributed by atoms with E-state index in [0.29, 0.717) is 12.6 Å². The Morgan fingerprint density at radius 3 is 2.83 bits per heavy atom. The molecule has 130 valence electrons. The van der Waals surface area contributed by atoms with Crippen molar-refractivity contribution in [2.75, 3.05) is 27.2 Å². The monoisotopic (exact) mass is 329 g/mol. The lowest BCUT2D eigenvalue weighted by molar-refractivity contribution is 0.261. The van der Waals surface area contributed by atoms with E-state index in [2.05, 4.69) is 32.4 Å². The van der Waals surface area contributed by atoms with Gasteiger partial charge in [-0.3, -0.25) is 0 Å². The summed E-state index contributed by atoms with van der Waals surface area (Å²) in [7, 11) is 4.10. The highest BCUT2D eigenvalue weighted by Gasteiger charge is 2.20. The smallest absolute Gasteiger partial charge is 0.147 e. The summed E-state index contributed by atoms with van der Waals surface area (Å²) in [6.07, 6.45) is 2.11. The third-order valence-corrected chi connectivity index (χ3v) is 4.29. The second kappa shape index (κ2) is 7.77. The molecule has 24 heavy (non-hydrogen) atoms. The Bertz CT molecular complexity index is 650. The van der Waals surface area contributed by atoms with Crippen molar-refractivity contribution in [3.8, 4) is 5.75 Å². The number of benzene rings is 1. The highest BCUT2D eigenvalue weighted by atomic mass is 16.5. The van der Waals surface area contributed by atoms with E-state index in [0.717, 1.165) is 49.9 Å². The maximum atomic E-state index is 5.73. The van der Waals surface area contributed by atoms with Gasteiger partial charge in [-0.2, -0.15) is 5.10 Å². The lowest BCUT2D eigenvalue weighted by atomic mass is 10.1. The first-order valence-corrected chi connectivity index (χ1v) is 8.60. The first-order valence-electron chi connectivity index (χ1n) is 8.60. The van der Waals surface area contributed by atoms with Gasteiger partial charge in [0.2, 0.25) is 0 Å². The molecular formula is C18H27N5O. The third kappa shape index (κ3) is 4.55. The second-order valence-corrected chi connectivity index (χ2v) is 6.67. The van der Waals surface area contributed by atoms with Crippen LogP contribution in [0.4, 0.5) is 0 Å². The van der Waals surface area contributed by atoms with E-state index in [-0.39, 0.29) is 0 Å². The average Bonchev–Trinajstić information content (AvgIpc) is 2.93. The second-order valence-electron chi connectivity index (χ2n) is 6.67. The van der Waals surface area contributed by atoms with Gasteiger partial charge in [-0.05, 0) is 45.1 Å². The van der Waals surface area contributed by atoms with E-state index in [1.54, 1.807) is 0 Å². The molecule has 6 nitrogen and oxygen atoms in total. The predicted octanol–water partition coefficient (Wildman–Crippen LogP) is 1.63. The van der Waals surface area contributed by atoms with Crippen LogP contribution in [0, 0.1) is 6.92 Å². The fourth-order valence-corrected chi connectivity index (χ4v) is 2.91. The number of ether oxygens (including phenoxy) is 1. The number of aromatic nitrogens is 3. The van der Waals surface area contributed by atoms with Crippen LogP contribution in [0.15, 0.2) is 24.3 Å². The Labute approximate surface area is 143 Å². The van der Waals surface area contributed by atoms with Crippen molar-refractivity contribution in [2.45, 2.75) is 38.9 Å². The van der Waals surface area contributed by atoms with Gasteiger partial charge < -0.3 is 15.0 Å². The molecule has 1 aliphatic heterocycles. The predicted molar refractivity (Wildman–Crippen MR) is 94.2 cm³/mol. The minimum absolute atomic E-state index is 0.453. The van der Waals surface area contributed by atoms with Crippen LogP contribution in [0.3, 0.4) is 0 Å². The fourth-order valence-electron chi connectivity index (χ4n) is 2.91. The maximum Gasteiger partial charge on any atom is 0.147 e. The van der Waals surface area contributed by atoms with Crippen LogP contribution in [0.1, 0.15) is 23.6 Å². The van der Waals surface area contributed by atoms with Crippen molar-refractivity contribution in [1.29, 1.82) is 0 Å². The molecule has 0 aliphatic carbocycles. The molecule has 0 radical (unpaired) electrons. The van der Waals surface area contributed by atoms with Gasteiger partial charge in [-0.1, -0.05) is 12.1 Å². The van der Waals surface area contributed by atoms with E-state index in [4.69, 9.17) is 4.74 Å². The zero-order valence-corrected chi connectivity index (χ0v) is 14.8. The molecule has 2 aromatic rings. The maximum absolute atomic E-state index is 5.73. The fraction of sp³-hybridized carbons (Fsp3) is 0.556. The standard InChI is InChI=1S/C18H27N5O/c1-14-20-18-9-6-16(13-23(18)21-14)19-12-15-4-7-17(8-5-15)24-11-10-22(2)3/h4-5,7-8,16,19H,6,9-13H2,1-3H3. The van der Waals surface area contributed by atoms with Crippen LogP contribution in [0.5, 0.6) is 5.75 Å². The molecule has 1 atom stereocenters. The van der Waals surface area contributed by atoms with Gasteiger partial charge in [0.1, 0.15) is 24.0 Å². The van der Waals surface area contributed by atoms with Crippen molar-refractivity contribution in [2.24, 2.45) is 0 Å². The molecule has 1 unspecified atom stereocenters. The SMILES string of the molecule is Cc1nc2n(n1)CC(NCc1ccc(OCCN(C)C)cc1)CC2. The van der Waals surface area contributed by atoms with Crippen molar-refractivity contribution < 1.29 is 4.74 Å². The summed E-state index contributed by atoms with van der Waals surface area (Å²) in [5, 5.41) is 8.08. The third-order valence-electron chi connectivity index (χ3n) is 4.29. The average molecular weight is 329 g/mol. The van der Waals surface area contributed by atoms with E-state index in [1.807, 2.05) is 37.8 Å². The molecule has 0 bridgehead atoms. The summed E-state index contributed by atoms with van der Waals surface area (Å²) >= 11 is 0. The molecule has 0 saturated heterocycles. The number of likely N-dealkylation sites (N-methyl/N-ethyl adjacent to an activating group) is 1. The van der Waals surface area contributed by atoms with Crippen molar-refractivity contribution in [1.82, 2.24) is 25.0 Å². The van der Waals surface area contributed by atoms with Gasteiger partial charge in [0.05, 0.1) is 6.54 Å². The van der Waals surface area contributed by atoms with Crippen LogP contribution >= 0.6 is 0 Å². The van der Waals surface area contributed by atoms with Crippen LogP contribution in [-0.4, -0.2) is 53.0 Å². The largest absolute Gasteiger partial charge is 0.492 e. The molecule has 3 rings (SSSR count). The molecule has 1 aliphatic rings. The number of hydrogen-bond acceptors (Lipinski definition) is 5. The summed E-state index contributed by atoms with van der Waals surface area (Å²) < 4.78 is 7.77. The number of rotatable bonds is 7. The molecule has 0 saturated carbocycles. The molecule has 1 aromatic carbocycles. The van der Waals surface area contributed by atoms with Crippen LogP contribution < -0.4 is 10.1 Å². The minimum Gasteiger partial charge on any atom is -0.492 e. The number of nitrogens with zero attached hydrogens (tertiary/aromatic N) is 4. The zero-order valence-electron chi connectivity index (χ0n) is 14.8. The molecule has 1 aromatic heterocycles. The Hall–Kier alpha value is -1.92. The number of nitrogens with one attached hydrogen (secondary N) is 1. The van der Waals surface area contributed by atoms with Crippen LogP contribution in [0.2, 0.25) is 0 Å². The summed E-state index contributed by atoms with van der Waals surface area (Å²) in [6, 6.07) is 8.81. The zero-order chi connectivity index (χ0) is 16.9. The van der Waals surface area contributed by atoms with Gasteiger partial charge in [0.15, 0.2) is 0 Å². The number of aryl methyl sites for hydroxylation is 2. The highest BCUT2D eigenvalue weighted by Crippen LogP contribution is 2.15. The van der Waals surface area contributed by atoms with E-state index in [9.17, 15) is 0 Å². The van der Waals surface area contributed by atoms with Crippen molar-refractivity contribution in [3.63, 3.8) is 0 Å². The first kappa shape index (κ1) is 16.9. The Morgan fingerprint density at radius 2 is 2.08 bits per heavy atom. The molecule has 2 heterocycles. The number of fused-ring (bicyclic) bond motifs is 1. The van der Waals surface area contributed by atoms with Crippen molar-refractivity contribution in [3.05, 3.63) is 41.5 Å². The summed E-state index contributed by atoms with van der Waals surface area (Å²) in [5.74, 6) is 2.92. The number of hydrogen-bond donors (Lipinski definition) is 1. The summed E-state index contributed by atoms with van der Waals surface area (Å²) in [4.78, 5) is 6.57. The molecule has 0 spiro atoms. The normalized spacial score (nSPS) is 17.1. The van der Waals surface area contributed by atoms with Crippen LogP contribution in [0.25, 0.3) is 0 Å². The van der Waals surface area contributed by atoms with Crippen molar-refractivity contribution >= 4 is 0 Å². The van der Waals surface area contributed by atoms with Gasteiger partial charge >= 0.3 is 0 Å². The first-order chi connectivity index (χ1) is 11.6. The summed E-state index contributed by atoms with van der Waals surface area (Å²) in [6.45, 7) is 5.37. The molecule has 0 fully saturated rings. The van der Waals surface area contributed by atoms with Gasteiger partial charge in [0, 0.05) is 25.6 Å². The highest BCUT2D eigenvalue weighted by molar-refractivity contribution is 5.27. The summed E-state index contributed by atoms with van der Waals surface area (Å²) in [5.41, 5.74) is 1.27. The Balaban J connectivity index is 1.45. The Morgan fingerprint density at radius 1 is 1.29 bits per heavy atom. The van der Waals surface area contributed by atoms with E-state index in [1.165, 1.54) is 5.56 Å². The molecule has 6 heteroatoms. The Kier molecular flexibility index (Phi) is 5.48. The van der Waals surface area contributed by atoms with Gasteiger partial charge in [0.25, 0.3) is 0 Å².